The van der Waals surface area contributed by atoms with Crippen molar-refractivity contribution < 1.29 is 9.59 Å². The summed E-state index contributed by atoms with van der Waals surface area (Å²) >= 11 is 5.85. The normalized spacial score (nSPS) is 13.0. The number of halogens is 1. The molecule has 0 saturated heterocycles. The second-order valence-corrected chi connectivity index (χ2v) is 6.59. The molecule has 132 valence electrons. The monoisotopic (exact) mass is 350 g/mol. The van der Waals surface area contributed by atoms with Gasteiger partial charge in [-0.2, -0.15) is 0 Å². The third-order valence-electron chi connectivity index (χ3n) is 4.03. The number of carbonyl (C=O) groups is 2. The lowest BCUT2D eigenvalue weighted by Crippen LogP contribution is -2.52. The summed E-state index contributed by atoms with van der Waals surface area (Å²) in [6, 6.07) is 6.08. The number of carbonyl (C=O) groups excluding carboxylic acids is 2. The molecule has 2 amide bonds. The van der Waals surface area contributed by atoms with E-state index in [2.05, 4.69) is 11.9 Å². The first-order valence-corrected chi connectivity index (χ1v) is 8.67. The SMILES string of the molecule is C=C(C)CN(CC)C(=O)C(NC(=O)c1ccc(Cl)cc1)C(C)CC. The number of benzene rings is 1. The summed E-state index contributed by atoms with van der Waals surface area (Å²) in [4.78, 5) is 27.1. The molecule has 0 bridgehead atoms. The van der Waals surface area contributed by atoms with E-state index >= 15 is 0 Å². The van der Waals surface area contributed by atoms with Crippen molar-refractivity contribution in [3.05, 3.63) is 47.0 Å². The molecule has 0 fully saturated rings. The van der Waals surface area contributed by atoms with Crippen molar-refractivity contribution in [2.45, 2.75) is 40.2 Å². The molecule has 5 heteroatoms. The van der Waals surface area contributed by atoms with Crippen LogP contribution in [0.2, 0.25) is 5.02 Å². The highest BCUT2D eigenvalue weighted by Crippen LogP contribution is 2.14. The fraction of sp³-hybridized carbons (Fsp3) is 0.474. The zero-order valence-electron chi connectivity index (χ0n) is 14.9. The van der Waals surface area contributed by atoms with Gasteiger partial charge in [-0.3, -0.25) is 9.59 Å². The van der Waals surface area contributed by atoms with Crippen LogP contribution >= 0.6 is 11.6 Å². The van der Waals surface area contributed by atoms with Gasteiger partial charge in [0, 0.05) is 23.7 Å². The fourth-order valence-electron chi connectivity index (χ4n) is 2.38. The number of nitrogens with zero attached hydrogens (tertiary/aromatic N) is 1. The van der Waals surface area contributed by atoms with Gasteiger partial charge in [0.2, 0.25) is 5.91 Å². The molecule has 1 N–H and O–H groups in total. The van der Waals surface area contributed by atoms with Gasteiger partial charge in [-0.15, -0.1) is 0 Å². The van der Waals surface area contributed by atoms with Crippen LogP contribution in [0.4, 0.5) is 0 Å². The van der Waals surface area contributed by atoms with Crippen molar-refractivity contribution in [1.29, 1.82) is 0 Å². The first kappa shape index (κ1) is 20.2. The van der Waals surface area contributed by atoms with Crippen LogP contribution in [0.5, 0.6) is 0 Å². The maximum absolute atomic E-state index is 12.9. The van der Waals surface area contributed by atoms with Gasteiger partial charge in [-0.05, 0) is 44.0 Å². The van der Waals surface area contributed by atoms with Crippen LogP contribution in [0.25, 0.3) is 0 Å². The number of nitrogens with one attached hydrogen (secondary N) is 1. The van der Waals surface area contributed by atoms with Gasteiger partial charge in [-0.25, -0.2) is 0 Å². The van der Waals surface area contributed by atoms with E-state index < -0.39 is 6.04 Å². The molecule has 1 aromatic rings. The summed E-state index contributed by atoms with van der Waals surface area (Å²) in [6.07, 6.45) is 0.794. The van der Waals surface area contributed by atoms with Gasteiger partial charge in [0.05, 0.1) is 0 Å². The van der Waals surface area contributed by atoms with E-state index in [1.54, 1.807) is 29.2 Å². The number of likely N-dealkylation sites (N-methyl/N-ethyl adjacent to an activating group) is 1. The Morgan fingerprint density at radius 1 is 1.25 bits per heavy atom. The van der Waals surface area contributed by atoms with Crippen LogP contribution in [0.3, 0.4) is 0 Å². The second-order valence-electron chi connectivity index (χ2n) is 6.15. The smallest absolute Gasteiger partial charge is 0.251 e. The molecule has 0 radical (unpaired) electrons. The van der Waals surface area contributed by atoms with E-state index in [0.717, 1.165) is 12.0 Å². The lowest BCUT2D eigenvalue weighted by atomic mass is 9.97. The number of hydrogen-bond acceptors (Lipinski definition) is 2. The van der Waals surface area contributed by atoms with E-state index in [9.17, 15) is 9.59 Å². The molecule has 2 unspecified atom stereocenters. The van der Waals surface area contributed by atoms with Crippen molar-refractivity contribution in [3.63, 3.8) is 0 Å². The Bertz CT molecular complexity index is 584. The quantitative estimate of drug-likeness (QED) is 0.722. The highest BCUT2D eigenvalue weighted by Gasteiger charge is 2.29. The molecule has 4 nitrogen and oxygen atoms in total. The number of hydrogen-bond donors (Lipinski definition) is 1. The molecule has 24 heavy (non-hydrogen) atoms. The van der Waals surface area contributed by atoms with Crippen LogP contribution in [-0.2, 0) is 4.79 Å². The molecule has 0 heterocycles. The molecule has 0 aliphatic rings. The molecular formula is C19H27ClN2O2. The molecule has 2 atom stereocenters. The predicted molar refractivity (Wildman–Crippen MR) is 99.2 cm³/mol. The van der Waals surface area contributed by atoms with Crippen molar-refractivity contribution in [2.75, 3.05) is 13.1 Å². The Balaban J connectivity index is 2.95. The van der Waals surface area contributed by atoms with Crippen LogP contribution in [0.1, 0.15) is 44.5 Å². The van der Waals surface area contributed by atoms with Crippen LogP contribution in [-0.4, -0.2) is 35.8 Å². The van der Waals surface area contributed by atoms with Gasteiger partial charge in [0.25, 0.3) is 5.91 Å². The molecule has 0 aromatic heterocycles. The van der Waals surface area contributed by atoms with Crippen molar-refractivity contribution in [2.24, 2.45) is 5.92 Å². The van der Waals surface area contributed by atoms with Crippen molar-refractivity contribution in [1.82, 2.24) is 10.2 Å². The van der Waals surface area contributed by atoms with Crippen LogP contribution in [0, 0.1) is 5.92 Å². The Kier molecular flexibility index (Phi) is 7.99. The summed E-state index contributed by atoms with van der Waals surface area (Å²) in [5.41, 5.74) is 1.40. The van der Waals surface area contributed by atoms with Gasteiger partial charge < -0.3 is 10.2 Å². The van der Waals surface area contributed by atoms with E-state index in [4.69, 9.17) is 11.6 Å². The van der Waals surface area contributed by atoms with Crippen molar-refractivity contribution in [3.8, 4) is 0 Å². The van der Waals surface area contributed by atoms with E-state index in [0.29, 0.717) is 23.7 Å². The summed E-state index contributed by atoms with van der Waals surface area (Å²) in [5.74, 6) is -0.304. The highest BCUT2D eigenvalue weighted by molar-refractivity contribution is 6.30. The topological polar surface area (TPSA) is 49.4 Å². The minimum Gasteiger partial charge on any atom is -0.340 e. The molecule has 1 rings (SSSR count). The lowest BCUT2D eigenvalue weighted by molar-refractivity contribution is -0.133. The third kappa shape index (κ3) is 5.68. The standard InChI is InChI=1S/C19H27ClN2O2/c1-6-14(5)17(19(24)22(7-2)12-13(3)4)21-18(23)15-8-10-16(20)11-9-15/h8-11,14,17H,3,6-7,12H2,1-2,4-5H3,(H,21,23). The van der Waals surface area contributed by atoms with Crippen LogP contribution < -0.4 is 5.32 Å². The fourth-order valence-corrected chi connectivity index (χ4v) is 2.50. The van der Waals surface area contributed by atoms with Crippen LogP contribution in [0.15, 0.2) is 36.4 Å². The minimum absolute atomic E-state index is 0.0351. The van der Waals surface area contributed by atoms with Gasteiger partial charge >= 0.3 is 0 Å². The summed E-state index contributed by atoms with van der Waals surface area (Å²) in [6.45, 7) is 12.7. The first-order valence-electron chi connectivity index (χ1n) is 8.29. The first-order chi connectivity index (χ1) is 11.3. The summed E-state index contributed by atoms with van der Waals surface area (Å²) in [7, 11) is 0. The molecular weight excluding hydrogens is 324 g/mol. The van der Waals surface area contributed by atoms with E-state index in [1.807, 2.05) is 27.7 Å². The highest BCUT2D eigenvalue weighted by atomic mass is 35.5. The molecule has 1 aromatic carbocycles. The largest absolute Gasteiger partial charge is 0.340 e. The van der Waals surface area contributed by atoms with Gasteiger partial charge in [-0.1, -0.05) is 44.0 Å². The third-order valence-corrected chi connectivity index (χ3v) is 4.28. The Labute approximate surface area is 149 Å². The molecule has 0 aliphatic heterocycles. The van der Waals surface area contributed by atoms with E-state index in [1.165, 1.54) is 0 Å². The predicted octanol–water partition coefficient (Wildman–Crippen LogP) is 3.91. The maximum atomic E-state index is 12.9. The Morgan fingerprint density at radius 2 is 1.83 bits per heavy atom. The molecule has 0 aliphatic carbocycles. The molecule has 0 saturated carbocycles. The summed E-state index contributed by atoms with van der Waals surface area (Å²) in [5, 5.41) is 3.46. The number of amides is 2. The Hall–Kier alpha value is -1.81. The van der Waals surface area contributed by atoms with Crippen molar-refractivity contribution >= 4 is 23.4 Å². The minimum atomic E-state index is -0.558. The molecule has 0 spiro atoms. The van der Waals surface area contributed by atoms with Gasteiger partial charge in [0.15, 0.2) is 0 Å². The zero-order chi connectivity index (χ0) is 18.3. The van der Waals surface area contributed by atoms with Gasteiger partial charge in [0.1, 0.15) is 6.04 Å². The Morgan fingerprint density at radius 3 is 2.29 bits per heavy atom. The maximum Gasteiger partial charge on any atom is 0.251 e. The average molecular weight is 351 g/mol. The lowest BCUT2D eigenvalue weighted by Gasteiger charge is -2.30. The number of rotatable bonds is 8. The second kappa shape index (κ2) is 9.48. The van der Waals surface area contributed by atoms with E-state index in [-0.39, 0.29) is 17.7 Å². The average Bonchev–Trinajstić information content (AvgIpc) is 2.56. The zero-order valence-corrected chi connectivity index (χ0v) is 15.7. The summed E-state index contributed by atoms with van der Waals surface area (Å²) < 4.78 is 0.